The quantitative estimate of drug-likeness (QED) is 0.414. The van der Waals surface area contributed by atoms with E-state index in [0.717, 1.165) is 17.3 Å². The Balaban J connectivity index is 2.08. The Morgan fingerprint density at radius 3 is 2.75 bits per heavy atom. The van der Waals surface area contributed by atoms with Crippen LogP contribution in [0.5, 0.6) is 0 Å². The van der Waals surface area contributed by atoms with Crippen molar-refractivity contribution in [3.63, 3.8) is 0 Å². The highest BCUT2D eigenvalue weighted by Crippen LogP contribution is 2.87. The SMILES string of the molecule is C=C1CCC23CC2C13. The van der Waals surface area contributed by atoms with E-state index in [-0.39, 0.29) is 0 Å². The average molecular weight is 106 g/mol. The smallest absolute Gasteiger partial charge is 0.0112 e. The molecule has 1 spiro atoms. The molecule has 0 N–H and O–H groups in total. The highest BCUT2D eigenvalue weighted by molar-refractivity contribution is 5.39. The molecule has 0 amide bonds. The molecule has 8 heavy (non-hydrogen) atoms. The molecule has 0 heteroatoms. The summed E-state index contributed by atoms with van der Waals surface area (Å²) in [7, 11) is 0. The molecular formula is C8H10. The van der Waals surface area contributed by atoms with Crippen LogP contribution in [0.25, 0.3) is 0 Å². The third kappa shape index (κ3) is 0.180. The molecule has 0 radical (unpaired) electrons. The molecule has 3 saturated carbocycles. The monoisotopic (exact) mass is 106 g/mol. The van der Waals surface area contributed by atoms with E-state index in [4.69, 9.17) is 0 Å². The van der Waals surface area contributed by atoms with Crippen LogP contribution in [0.1, 0.15) is 19.3 Å². The zero-order valence-electron chi connectivity index (χ0n) is 4.98. The van der Waals surface area contributed by atoms with Crippen molar-refractivity contribution in [3.05, 3.63) is 12.2 Å². The molecule has 0 aromatic heterocycles. The van der Waals surface area contributed by atoms with Gasteiger partial charge >= 0.3 is 0 Å². The van der Waals surface area contributed by atoms with Gasteiger partial charge in [-0.05, 0) is 36.5 Å². The normalized spacial score (nSPS) is 64.8. The van der Waals surface area contributed by atoms with Crippen LogP contribution < -0.4 is 0 Å². The molecule has 0 aliphatic heterocycles. The maximum atomic E-state index is 4.05. The summed E-state index contributed by atoms with van der Waals surface area (Å²) in [5.41, 5.74) is 2.47. The summed E-state index contributed by atoms with van der Waals surface area (Å²) in [6.07, 6.45) is 4.39. The molecule has 3 unspecified atom stereocenters. The van der Waals surface area contributed by atoms with Gasteiger partial charge in [0, 0.05) is 0 Å². The van der Waals surface area contributed by atoms with Crippen LogP contribution in [0.4, 0.5) is 0 Å². The van der Waals surface area contributed by atoms with Crippen molar-refractivity contribution in [2.24, 2.45) is 17.3 Å². The molecule has 0 nitrogen and oxygen atoms in total. The highest BCUT2D eigenvalue weighted by atomic mass is 14.8. The van der Waals surface area contributed by atoms with E-state index < -0.39 is 0 Å². The van der Waals surface area contributed by atoms with Crippen molar-refractivity contribution in [1.29, 1.82) is 0 Å². The number of hydrogen-bond donors (Lipinski definition) is 0. The molecule has 3 rings (SSSR count). The fourth-order valence-electron chi connectivity index (χ4n) is 2.70. The van der Waals surface area contributed by atoms with Gasteiger partial charge in [0.2, 0.25) is 0 Å². The number of hydrogen-bond acceptors (Lipinski definition) is 0. The molecular weight excluding hydrogens is 96.1 g/mol. The van der Waals surface area contributed by atoms with E-state index in [9.17, 15) is 0 Å². The van der Waals surface area contributed by atoms with Crippen molar-refractivity contribution in [2.45, 2.75) is 19.3 Å². The Labute approximate surface area is 49.6 Å². The Kier molecular flexibility index (Phi) is 0.327. The van der Waals surface area contributed by atoms with E-state index in [2.05, 4.69) is 6.58 Å². The average Bonchev–Trinajstić information content (AvgIpc) is 2.43. The van der Waals surface area contributed by atoms with Crippen molar-refractivity contribution in [3.8, 4) is 0 Å². The standard InChI is InChI=1S/C8H10/c1-5-2-3-8-4-6(8)7(5)8/h6-7H,1-4H2. The predicted molar refractivity (Wildman–Crippen MR) is 32.4 cm³/mol. The van der Waals surface area contributed by atoms with Crippen LogP contribution in [0.2, 0.25) is 0 Å². The molecule has 0 bridgehead atoms. The molecule has 3 atom stereocenters. The second-order valence-corrected chi connectivity index (χ2v) is 3.68. The summed E-state index contributed by atoms with van der Waals surface area (Å²) in [5, 5.41) is 0. The Morgan fingerprint density at radius 1 is 1.62 bits per heavy atom. The minimum atomic E-state index is 0.900. The second-order valence-electron chi connectivity index (χ2n) is 3.68. The van der Waals surface area contributed by atoms with Gasteiger partial charge in [0.05, 0.1) is 0 Å². The van der Waals surface area contributed by atoms with Crippen LogP contribution in [0.3, 0.4) is 0 Å². The van der Waals surface area contributed by atoms with Gasteiger partial charge in [-0.3, -0.25) is 0 Å². The topological polar surface area (TPSA) is 0 Å². The van der Waals surface area contributed by atoms with E-state index in [0.29, 0.717) is 0 Å². The minimum absolute atomic E-state index is 0.900. The zero-order chi connectivity index (χ0) is 5.35. The van der Waals surface area contributed by atoms with Crippen molar-refractivity contribution >= 4 is 0 Å². The van der Waals surface area contributed by atoms with E-state index in [1.54, 1.807) is 12.0 Å². The third-order valence-electron chi connectivity index (χ3n) is 3.44. The van der Waals surface area contributed by atoms with Crippen molar-refractivity contribution in [2.75, 3.05) is 0 Å². The lowest BCUT2D eigenvalue weighted by atomic mass is 10.1. The van der Waals surface area contributed by atoms with Gasteiger partial charge in [-0.2, -0.15) is 0 Å². The summed E-state index contributed by atoms with van der Waals surface area (Å²) >= 11 is 0. The second kappa shape index (κ2) is 0.706. The summed E-state index contributed by atoms with van der Waals surface area (Å²) in [6.45, 7) is 4.05. The van der Waals surface area contributed by atoms with E-state index >= 15 is 0 Å². The first kappa shape index (κ1) is 3.71. The van der Waals surface area contributed by atoms with Gasteiger partial charge < -0.3 is 0 Å². The first-order valence-electron chi connectivity index (χ1n) is 3.52. The molecule has 3 aliphatic rings. The van der Waals surface area contributed by atoms with E-state index in [1.807, 2.05) is 0 Å². The van der Waals surface area contributed by atoms with Crippen LogP contribution in [0.15, 0.2) is 12.2 Å². The fourth-order valence-corrected chi connectivity index (χ4v) is 2.70. The lowest BCUT2D eigenvalue weighted by Gasteiger charge is -1.97. The van der Waals surface area contributed by atoms with Crippen molar-refractivity contribution in [1.82, 2.24) is 0 Å². The molecule has 0 aromatic carbocycles. The zero-order valence-corrected chi connectivity index (χ0v) is 4.98. The van der Waals surface area contributed by atoms with Crippen LogP contribution >= 0.6 is 0 Å². The van der Waals surface area contributed by atoms with Gasteiger partial charge in [0.25, 0.3) is 0 Å². The van der Waals surface area contributed by atoms with Gasteiger partial charge in [-0.25, -0.2) is 0 Å². The van der Waals surface area contributed by atoms with Crippen LogP contribution in [-0.2, 0) is 0 Å². The summed E-state index contributed by atoms with van der Waals surface area (Å²) in [6, 6.07) is 0. The first-order chi connectivity index (χ1) is 3.84. The Bertz CT molecular complexity index is 180. The maximum Gasteiger partial charge on any atom is -0.0112 e. The lowest BCUT2D eigenvalue weighted by Crippen LogP contribution is -1.88. The molecule has 3 fully saturated rings. The van der Waals surface area contributed by atoms with Crippen LogP contribution in [-0.4, -0.2) is 0 Å². The lowest BCUT2D eigenvalue weighted by molar-refractivity contribution is 0.596. The fraction of sp³-hybridized carbons (Fsp3) is 0.750. The van der Waals surface area contributed by atoms with Crippen LogP contribution in [0, 0.1) is 17.3 Å². The molecule has 3 aliphatic carbocycles. The number of rotatable bonds is 0. The predicted octanol–water partition coefficient (Wildman–Crippen LogP) is 1.97. The van der Waals surface area contributed by atoms with Crippen molar-refractivity contribution < 1.29 is 0 Å². The maximum absolute atomic E-state index is 4.05. The number of fused-ring (bicyclic) bond motifs is 1. The summed E-state index contributed by atoms with van der Waals surface area (Å²) < 4.78 is 0. The largest absolute Gasteiger partial charge is 0.0995 e. The minimum Gasteiger partial charge on any atom is -0.0995 e. The molecule has 0 saturated heterocycles. The van der Waals surface area contributed by atoms with E-state index in [1.165, 1.54) is 12.8 Å². The first-order valence-corrected chi connectivity index (χ1v) is 3.52. The van der Waals surface area contributed by atoms with Gasteiger partial charge in [0.1, 0.15) is 0 Å². The number of allylic oxidation sites excluding steroid dienone is 1. The Morgan fingerprint density at radius 2 is 2.50 bits per heavy atom. The Hall–Kier alpha value is -0.260. The molecule has 42 valence electrons. The third-order valence-corrected chi connectivity index (χ3v) is 3.44. The summed E-state index contributed by atoms with van der Waals surface area (Å²) in [5.74, 6) is 2.17. The summed E-state index contributed by atoms with van der Waals surface area (Å²) in [4.78, 5) is 0. The van der Waals surface area contributed by atoms with Gasteiger partial charge in [0.15, 0.2) is 0 Å². The van der Waals surface area contributed by atoms with Gasteiger partial charge in [-0.1, -0.05) is 12.2 Å². The molecule has 0 aromatic rings. The molecule has 0 heterocycles. The van der Waals surface area contributed by atoms with Gasteiger partial charge in [-0.15, -0.1) is 0 Å². The highest BCUT2D eigenvalue weighted by Gasteiger charge is 2.80.